The number of hydrogen-bond donors (Lipinski definition) is 1. The van der Waals surface area contributed by atoms with Crippen LogP contribution in [0, 0.1) is 5.41 Å². The predicted octanol–water partition coefficient (Wildman–Crippen LogP) is 2.63. The van der Waals surface area contributed by atoms with Gasteiger partial charge < -0.3 is 9.64 Å². The van der Waals surface area contributed by atoms with E-state index in [4.69, 9.17) is 4.74 Å². The fourth-order valence-corrected chi connectivity index (χ4v) is 4.10. The molecule has 2 bridgehead atoms. The summed E-state index contributed by atoms with van der Waals surface area (Å²) in [6, 6.07) is 0. The number of nitrogens with one attached hydrogen (secondary N) is 1. The standard InChI is InChI=1S/C16H19N5O2S/c22-15(23-10-16-1-6-21(7-2-16)8-3-16)20-14-13(24-11-19-14)12-9-17-4-5-18-12/h4-5,9,11H,1-3,6-8,10H2,(H,20,22). The van der Waals surface area contributed by atoms with Crippen molar-refractivity contribution in [1.82, 2.24) is 19.9 Å². The molecule has 3 saturated heterocycles. The number of fused-ring (bicyclic) bond motifs is 3. The van der Waals surface area contributed by atoms with Crippen LogP contribution in [0.2, 0.25) is 0 Å². The minimum Gasteiger partial charge on any atom is -0.449 e. The molecule has 24 heavy (non-hydrogen) atoms. The molecule has 2 aromatic heterocycles. The molecule has 3 fully saturated rings. The maximum absolute atomic E-state index is 12.2. The molecule has 0 saturated carbocycles. The summed E-state index contributed by atoms with van der Waals surface area (Å²) in [6.07, 6.45) is 7.77. The minimum absolute atomic E-state index is 0.169. The van der Waals surface area contributed by atoms with Crippen molar-refractivity contribution in [3.8, 4) is 10.6 Å². The minimum atomic E-state index is -0.451. The van der Waals surface area contributed by atoms with Crippen molar-refractivity contribution in [2.45, 2.75) is 19.3 Å². The second kappa shape index (κ2) is 6.45. The van der Waals surface area contributed by atoms with Crippen LogP contribution in [-0.2, 0) is 4.74 Å². The molecule has 5 rings (SSSR count). The summed E-state index contributed by atoms with van der Waals surface area (Å²) in [5, 5.41) is 2.74. The van der Waals surface area contributed by atoms with Crippen molar-refractivity contribution in [3.63, 3.8) is 0 Å². The summed E-state index contributed by atoms with van der Waals surface area (Å²) < 4.78 is 5.52. The second-order valence-corrected chi connectivity index (χ2v) is 7.27. The lowest BCUT2D eigenvalue weighted by Gasteiger charge is -2.47. The van der Waals surface area contributed by atoms with Crippen molar-refractivity contribution in [2.24, 2.45) is 5.41 Å². The second-order valence-electron chi connectivity index (χ2n) is 6.41. The topological polar surface area (TPSA) is 80.2 Å². The summed E-state index contributed by atoms with van der Waals surface area (Å²) in [7, 11) is 0. The molecule has 7 nitrogen and oxygen atoms in total. The van der Waals surface area contributed by atoms with Crippen LogP contribution in [0.3, 0.4) is 0 Å². The predicted molar refractivity (Wildman–Crippen MR) is 90.8 cm³/mol. The van der Waals surface area contributed by atoms with Gasteiger partial charge >= 0.3 is 6.09 Å². The molecule has 0 atom stereocenters. The molecule has 0 unspecified atom stereocenters. The largest absolute Gasteiger partial charge is 0.449 e. The molecule has 1 N–H and O–H groups in total. The van der Waals surface area contributed by atoms with Crippen LogP contribution in [0.1, 0.15) is 19.3 Å². The molecular weight excluding hydrogens is 326 g/mol. The third-order valence-electron chi connectivity index (χ3n) is 4.97. The summed E-state index contributed by atoms with van der Waals surface area (Å²) in [5.41, 5.74) is 2.53. The number of piperidine rings is 3. The van der Waals surface area contributed by atoms with E-state index in [1.165, 1.54) is 11.3 Å². The van der Waals surface area contributed by atoms with E-state index in [1.807, 2.05) is 0 Å². The van der Waals surface area contributed by atoms with Crippen molar-refractivity contribution in [3.05, 3.63) is 24.1 Å². The van der Waals surface area contributed by atoms with Gasteiger partial charge in [0, 0.05) is 17.8 Å². The van der Waals surface area contributed by atoms with E-state index in [-0.39, 0.29) is 5.41 Å². The first kappa shape index (κ1) is 15.5. The SMILES string of the molecule is O=C(Nc1ncsc1-c1cnccn1)OCC12CCN(CC1)CC2. The molecule has 126 valence electrons. The van der Waals surface area contributed by atoms with Gasteiger partial charge in [-0.2, -0.15) is 0 Å². The number of amides is 1. The summed E-state index contributed by atoms with van der Waals surface area (Å²) in [4.78, 5) is 28.0. The highest BCUT2D eigenvalue weighted by atomic mass is 32.1. The van der Waals surface area contributed by atoms with Gasteiger partial charge in [0.05, 0.1) is 23.2 Å². The Morgan fingerprint density at radius 2 is 2.04 bits per heavy atom. The van der Waals surface area contributed by atoms with Crippen molar-refractivity contribution >= 4 is 23.2 Å². The number of carbonyl (C=O) groups excluding carboxylic acids is 1. The van der Waals surface area contributed by atoms with E-state index >= 15 is 0 Å². The van der Waals surface area contributed by atoms with E-state index in [0.717, 1.165) is 43.8 Å². The van der Waals surface area contributed by atoms with Gasteiger partial charge in [-0.05, 0) is 38.9 Å². The fourth-order valence-electron chi connectivity index (χ4n) is 3.40. The van der Waals surface area contributed by atoms with Crippen LogP contribution in [0.15, 0.2) is 24.1 Å². The van der Waals surface area contributed by atoms with E-state index < -0.39 is 6.09 Å². The molecule has 0 aliphatic carbocycles. The van der Waals surface area contributed by atoms with Gasteiger partial charge in [-0.1, -0.05) is 0 Å². The number of hydrogen-bond acceptors (Lipinski definition) is 7. The molecule has 0 radical (unpaired) electrons. The molecule has 5 heterocycles. The fraction of sp³-hybridized carbons (Fsp3) is 0.500. The summed E-state index contributed by atoms with van der Waals surface area (Å²) in [6.45, 7) is 3.84. The van der Waals surface area contributed by atoms with Gasteiger partial charge in [-0.15, -0.1) is 11.3 Å². The Kier molecular flexibility index (Phi) is 4.15. The monoisotopic (exact) mass is 345 g/mol. The number of rotatable bonds is 4. The van der Waals surface area contributed by atoms with Gasteiger partial charge in [-0.25, -0.2) is 9.78 Å². The van der Waals surface area contributed by atoms with Crippen LogP contribution < -0.4 is 5.32 Å². The molecule has 1 amide bonds. The quantitative estimate of drug-likeness (QED) is 0.917. The van der Waals surface area contributed by atoms with Gasteiger partial charge in [0.25, 0.3) is 0 Å². The zero-order valence-corrected chi connectivity index (χ0v) is 14.1. The van der Waals surface area contributed by atoms with Crippen molar-refractivity contribution < 1.29 is 9.53 Å². The Morgan fingerprint density at radius 3 is 2.75 bits per heavy atom. The highest BCUT2D eigenvalue weighted by Gasteiger charge is 2.40. The Hall–Kier alpha value is -2.06. The molecule has 0 aromatic carbocycles. The highest BCUT2D eigenvalue weighted by Crippen LogP contribution is 2.40. The normalized spacial score (nSPS) is 25.4. The average Bonchev–Trinajstić information content (AvgIpc) is 3.10. The lowest BCUT2D eigenvalue weighted by atomic mass is 9.73. The lowest BCUT2D eigenvalue weighted by molar-refractivity contribution is -0.0190. The van der Waals surface area contributed by atoms with Gasteiger partial charge in [0.2, 0.25) is 0 Å². The van der Waals surface area contributed by atoms with E-state index in [1.54, 1.807) is 24.1 Å². The van der Waals surface area contributed by atoms with E-state index in [2.05, 4.69) is 25.2 Å². The Labute approximate surface area is 144 Å². The molecule has 3 aliphatic rings. The first-order valence-electron chi connectivity index (χ1n) is 8.10. The molecule has 3 aliphatic heterocycles. The number of ether oxygens (including phenoxy) is 1. The Morgan fingerprint density at radius 1 is 1.25 bits per heavy atom. The third-order valence-corrected chi connectivity index (χ3v) is 5.82. The van der Waals surface area contributed by atoms with E-state index in [9.17, 15) is 4.79 Å². The van der Waals surface area contributed by atoms with Gasteiger partial charge in [0.1, 0.15) is 5.69 Å². The smallest absolute Gasteiger partial charge is 0.412 e. The third kappa shape index (κ3) is 3.11. The maximum Gasteiger partial charge on any atom is 0.412 e. The van der Waals surface area contributed by atoms with Gasteiger partial charge in [0.15, 0.2) is 5.82 Å². The van der Waals surface area contributed by atoms with E-state index in [0.29, 0.717) is 18.1 Å². The van der Waals surface area contributed by atoms with Crippen molar-refractivity contribution in [2.75, 3.05) is 31.6 Å². The van der Waals surface area contributed by atoms with Crippen LogP contribution >= 0.6 is 11.3 Å². The highest BCUT2D eigenvalue weighted by molar-refractivity contribution is 7.13. The number of anilines is 1. The lowest BCUT2D eigenvalue weighted by Crippen LogP contribution is -2.50. The number of thiazole rings is 1. The molecule has 8 heteroatoms. The Bertz CT molecular complexity index is 698. The van der Waals surface area contributed by atoms with Crippen LogP contribution in [0.5, 0.6) is 0 Å². The van der Waals surface area contributed by atoms with Gasteiger partial charge in [-0.3, -0.25) is 15.3 Å². The van der Waals surface area contributed by atoms with Crippen LogP contribution in [0.25, 0.3) is 10.6 Å². The Balaban J connectivity index is 1.38. The number of aromatic nitrogens is 3. The number of nitrogens with zero attached hydrogens (tertiary/aromatic N) is 4. The van der Waals surface area contributed by atoms with Crippen LogP contribution in [0.4, 0.5) is 10.6 Å². The zero-order chi connectivity index (χ0) is 16.4. The number of carbonyl (C=O) groups is 1. The molecule has 2 aromatic rings. The van der Waals surface area contributed by atoms with Crippen LogP contribution in [-0.4, -0.2) is 52.2 Å². The molecule has 0 spiro atoms. The van der Waals surface area contributed by atoms with Crippen molar-refractivity contribution in [1.29, 1.82) is 0 Å². The summed E-state index contributed by atoms with van der Waals surface area (Å²) in [5.74, 6) is 0.474. The maximum atomic E-state index is 12.2. The summed E-state index contributed by atoms with van der Waals surface area (Å²) >= 11 is 1.41. The first-order valence-corrected chi connectivity index (χ1v) is 8.98. The zero-order valence-electron chi connectivity index (χ0n) is 13.3. The first-order chi connectivity index (χ1) is 11.7. The molecular formula is C16H19N5O2S. The average molecular weight is 345 g/mol.